The van der Waals surface area contributed by atoms with E-state index in [4.69, 9.17) is 11.6 Å². The Morgan fingerprint density at radius 1 is 1.21 bits per heavy atom. The molecule has 1 saturated carbocycles. The highest BCUT2D eigenvalue weighted by molar-refractivity contribution is 6.30. The Bertz CT molecular complexity index is 865. The largest absolute Gasteiger partial charge is 0.342 e. The molecule has 1 saturated heterocycles. The Morgan fingerprint density at radius 3 is 2.46 bits per heavy atom. The predicted molar refractivity (Wildman–Crippen MR) is 108 cm³/mol. The van der Waals surface area contributed by atoms with Crippen molar-refractivity contribution in [2.24, 2.45) is 5.92 Å². The summed E-state index contributed by atoms with van der Waals surface area (Å²) >= 11 is 5.99. The second-order valence-electron chi connectivity index (χ2n) is 7.73. The van der Waals surface area contributed by atoms with Crippen LogP contribution >= 0.6 is 11.6 Å². The van der Waals surface area contributed by atoms with Gasteiger partial charge in [0.1, 0.15) is 0 Å². The molecule has 1 aliphatic heterocycles. The average molecular weight is 401 g/mol. The Balaban J connectivity index is 1.34. The van der Waals surface area contributed by atoms with Crippen molar-refractivity contribution in [1.29, 1.82) is 0 Å². The zero-order valence-electron chi connectivity index (χ0n) is 16.0. The molecule has 1 aromatic carbocycles. The van der Waals surface area contributed by atoms with E-state index in [1.807, 2.05) is 42.3 Å². The number of nitrogens with zero attached hydrogens (tertiary/aromatic N) is 3. The van der Waals surface area contributed by atoms with Crippen LogP contribution < -0.4 is 5.32 Å². The number of carbonyl (C=O) groups is 2. The highest BCUT2D eigenvalue weighted by Gasteiger charge is 2.53. The highest BCUT2D eigenvalue weighted by Crippen LogP contribution is 2.50. The zero-order chi connectivity index (χ0) is 19.7. The van der Waals surface area contributed by atoms with Gasteiger partial charge in [-0.2, -0.15) is 5.10 Å². The Labute approximate surface area is 169 Å². The molecule has 6 nitrogen and oxygen atoms in total. The number of nitrogens with one attached hydrogen (secondary N) is 1. The molecule has 0 bridgehead atoms. The van der Waals surface area contributed by atoms with Gasteiger partial charge in [0.2, 0.25) is 11.8 Å². The number of aryl methyl sites for hydroxylation is 1. The molecule has 0 spiro atoms. The molecule has 2 amide bonds. The van der Waals surface area contributed by atoms with Crippen molar-refractivity contribution in [3.05, 3.63) is 47.2 Å². The third-order valence-corrected chi connectivity index (χ3v) is 6.19. The summed E-state index contributed by atoms with van der Waals surface area (Å²) in [7, 11) is 0. The van der Waals surface area contributed by atoms with E-state index in [0.717, 1.165) is 30.6 Å². The first-order chi connectivity index (χ1) is 13.5. The number of amides is 2. The number of anilines is 1. The Kier molecular flexibility index (Phi) is 5.15. The van der Waals surface area contributed by atoms with Gasteiger partial charge in [0.15, 0.2) is 0 Å². The van der Waals surface area contributed by atoms with Crippen molar-refractivity contribution in [3.63, 3.8) is 0 Å². The van der Waals surface area contributed by atoms with E-state index in [1.54, 1.807) is 10.9 Å². The molecule has 7 heteroatoms. The first-order valence-electron chi connectivity index (χ1n) is 9.90. The van der Waals surface area contributed by atoms with E-state index >= 15 is 0 Å². The molecular weight excluding hydrogens is 376 g/mol. The van der Waals surface area contributed by atoms with Gasteiger partial charge in [-0.1, -0.05) is 23.7 Å². The first-order valence-corrected chi connectivity index (χ1v) is 10.3. The summed E-state index contributed by atoms with van der Waals surface area (Å²) in [6, 6.07) is 7.62. The summed E-state index contributed by atoms with van der Waals surface area (Å²) in [5.74, 6) is 0.138. The van der Waals surface area contributed by atoms with Crippen LogP contribution in [-0.4, -0.2) is 39.6 Å². The molecule has 2 fully saturated rings. The van der Waals surface area contributed by atoms with E-state index in [2.05, 4.69) is 10.4 Å². The van der Waals surface area contributed by atoms with Crippen LogP contribution in [0.5, 0.6) is 0 Å². The second kappa shape index (κ2) is 7.59. The minimum atomic E-state index is -0.381. The fourth-order valence-electron chi connectivity index (χ4n) is 4.01. The van der Waals surface area contributed by atoms with Gasteiger partial charge in [0.25, 0.3) is 0 Å². The lowest BCUT2D eigenvalue weighted by Gasteiger charge is -2.34. The number of likely N-dealkylation sites (tertiary alicyclic amines) is 1. The van der Waals surface area contributed by atoms with E-state index in [1.165, 1.54) is 0 Å². The van der Waals surface area contributed by atoms with Crippen molar-refractivity contribution < 1.29 is 9.59 Å². The van der Waals surface area contributed by atoms with Crippen LogP contribution in [0, 0.1) is 5.92 Å². The lowest BCUT2D eigenvalue weighted by molar-refractivity contribution is -0.137. The fraction of sp³-hybridized carbons (Fsp3) is 0.476. The molecule has 1 aromatic heterocycles. The van der Waals surface area contributed by atoms with Crippen molar-refractivity contribution in [1.82, 2.24) is 14.7 Å². The van der Waals surface area contributed by atoms with Crippen LogP contribution in [0.1, 0.15) is 38.2 Å². The maximum Gasteiger partial charge on any atom is 0.233 e. The van der Waals surface area contributed by atoms with E-state index in [0.29, 0.717) is 31.0 Å². The number of hydrogen-bond acceptors (Lipinski definition) is 3. The van der Waals surface area contributed by atoms with Gasteiger partial charge in [-0.05, 0) is 50.3 Å². The molecule has 148 valence electrons. The van der Waals surface area contributed by atoms with Crippen molar-refractivity contribution in [3.8, 4) is 0 Å². The number of piperidine rings is 1. The maximum absolute atomic E-state index is 13.2. The number of rotatable bonds is 5. The quantitative estimate of drug-likeness (QED) is 0.835. The Morgan fingerprint density at radius 2 is 1.89 bits per heavy atom. The minimum Gasteiger partial charge on any atom is -0.342 e. The van der Waals surface area contributed by atoms with Crippen LogP contribution in [0.4, 0.5) is 5.69 Å². The SMILES string of the molecule is CCn1cc(NC(=O)C2CCN(C(=O)C3(c4ccc(Cl)cc4)CC3)CC2)cn1. The standard InChI is InChI=1S/C21H25ClN4O2/c1-2-26-14-18(13-23-26)24-19(27)15-7-11-25(12-8-15)20(28)21(9-10-21)16-3-5-17(22)6-4-16/h3-6,13-15H,2,7-12H2,1H3,(H,24,27). The van der Waals surface area contributed by atoms with Gasteiger partial charge >= 0.3 is 0 Å². The number of halogens is 1. The van der Waals surface area contributed by atoms with Gasteiger partial charge in [-0.15, -0.1) is 0 Å². The smallest absolute Gasteiger partial charge is 0.233 e. The number of carbonyl (C=O) groups excluding carboxylic acids is 2. The highest BCUT2D eigenvalue weighted by atomic mass is 35.5. The Hall–Kier alpha value is -2.34. The van der Waals surface area contributed by atoms with Gasteiger partial charge < -0.3 is 10.2 Å². The summed E-state index contributed by atoms with van der Waals surface area (Å²) in [5.41, 5.74) is 1.40. The van der Waals surface area contributed by atoms with E-state index < -0.39 is 0 Å². The van der Waals surface area contributed by atoms with Gasteiger partial charge in [0, 0.05) is 36.8 Å². The summed E-state index contributed by atoms with van der Waals surface area (Å²) in [6.07, 6.45) is 6.65. The van der Waals surface area contributed by atoms with Gasteiger partial charge in [-0.25, -0.2) is 0 Å². The van der Waals surface area contributed by atoms with Crippen LogP contribution in [0.3, 0.4) is 0 Å². The van der Waals surface area contributed by atoms with Crippen molar-refractivity contribution >= 4 is 29.1 Å². The molecule has 4 rings (SSSR count). The molecule has 2 aliphatic rings. The molecular formula is C21H25ClN4O2. The number of hydrogen-bond donors (Lipinski definition) is 1. The average Bonchev–Trinajstić information content (AvgIpc) is 3.41. The molecule has 2 aromatic rings. The molecule has 0 radical (unpaired) electrons. The molecule has 1 N–H and O–H groups in total. The zero-order valence-corrected chi connectivity index (χ0v) is 16.8. The minimum absolute atomic E-state index is 0.0154. The van der Waals surface area contributed by atoms with Crippen LogP contribution in [0.25, 0.3) is 0 Å². The maximum atomic E-state index is 13.2. The molecule has 2 heterocycles. The van der Waals surface area contributed by atoms with E-state index in [-0.39, 0.29) is 23.1 Å². The van der Waals surface area contributed by atoms with E-state index in [9.17, 15) is 9.59 Å². The topological polar surface area (TPSA) is 67.2 Å². The normalized spacial score (nSPS) is 18.7. The predicted octanol–water partition coefficient (Wildman–Crippen LogP) is 3.47. The number of aromatic nitrogens is 2. The van der Waals surface area contributed by atoms with Gasteiger partial charge in [-0.3, -0.25) is 14.3 Å². The second-order valence-corrected chi connectivity index (χ2v) is 8.17. The fourth-order valence-corrected chi connectivity index (χ4v) is 4.14. The summed E-state index contributed by atoms with van der Waals surface area (Å²) in [5, 5.41) is 7.81. The number of benzene rings is 1. The molecule has 0 atom stereocenters. The van der Waals surface area contributed by atoms with Crippen LogP contribution in [0.2, 0.25) is 5.02 Å². The third-order valence-electron chi connectivity index (χ3n) is 5.93. The summed E-state index contributed by atoms with van der Waals surface area (Å²) < 4.78 is 1.78. The summed E-state index contributed by atoms with van der Waals surface area (Å²) in [6.45, 7) is 4.02. The van der Waals surface area contributed by atoms with Crippen LogP contribution in [-0.2, 0) is 21.5 Å². The van der Waals surface area contributed by atoms with Crippen molar-refractivity contribution in [2.45, 2.75) is 44.6 Å². The lowest BCUT2D eigenvalue weighted by atomic mass is 9.91. The van der Waals surface area contributed by atoms with Crippen molar-refractivity contribution in [2.75, 3.05) is 18.4 Å². The van der Waals surface area contributed by atoms with Crippen LogP contribution in [0.15, 0.2) is 36.7 Å². The monoisotopic (exact) mass is 400 g/mol. The molecule has 1 aliphatic carbocycles. The lowest BCUT2D eigenvalue weighted by Crippen LogP contribution is -2.45. The molecule has 0 unspecified atom stereocenters. The first kappa shape index (κ1) is 19.0. The summed E-state index contributed by atoms with van der Waals surface area (Å²) in [4.78, 5) is 27.6. The van der Waals surface area contributed by atoms with Gasteiger partial charge in [0.05, 0.1) is 17.3 Å². The third kappa shape index (κ3) is 3.65. The molecule has 28 heavy (non-hydrogen) atoms.